The molecule has 2 amide bonds. The fraction of sp³-hybridized carbons (Fsp3) is 0.174. The van der Waals surface area contributed by atoms with Crippen molar-refractivity contribution in [2.75, 3.05) is 18.6 Å². The van der Waals surface area contributed by atoms with Gasteiger partial charge in [0.15, 0.2) is 0 Å². The predicted octanol–water partition coefficient (Wildman–Crippen LogP) is 3.24. The molecule has 170 valence electrons. The quantitative estimate of drug-likeness (QED) is 0.595. The van der Waals surface area contributed by atoms with Gasteiger partial charge >= 0.3 is 0 Å². The van der Waals surface area contributed by atoms with Crippen LogP contribution in [0.4, 0.5) is 14.5 Å². The van der Waals surface area contributed by atoms with Gasteiger partial charge in [0.2, 0.25) is 5.91 Å². The van der Waals surface area contributed by atoms with Crippen LogP contribution in [0.5, 0.6) is 5.75 Å². The van der Waals surface area contributed by atoms with E-state index in [1.54, 1.807) is 0 Å². The first kappa shape index (κ1) is 22.5. The standard InChI is InChI=1S/C23H18ClF2N3O4/c1-33-14-9-16(25)19(17(26)10-14)15-11-29(18-3-2-8-27-22(18)31)23(32)20(15)28-21(30)12-4-6-13(24)7-5-12/h2-10,15,20H,11H2,1H3,(H,27,31)(H,28,30)/t15-,20-/m0/s1. The molecule has 1 aliphatic heterocycles. The van der Waals surface area contributed by atoms with Crippen LogP contribution >= 0.6 is 11.6 Å². The van der Waals surface area contributed by atoms with E-state index in [0.29, 0.717) is 5.02 Å². The second kappa shape index (κ2) is 9.03. The number of amides is 2. The highest BCUT2D eigenvalue weighted by molar-refractivity contribution is 6.30. The molecule has 7 nitrogen and oxygen atoms in total. The number of anilines is 1. The molecule has 0 radical (unpaired) electrons. The third-order valence-corrected chi connectivity index (χ3v) is 5.71. The lowest BCUT2D eigenvalue weighted by Gasteiger charge is -2.20. The minimum absolute atomic E-state index is 0.00469. The Labute approximate surface area is 191 Å². The van der Waals surface area contributed by atoms with Crippen molar-refractivity contribution < 1.29 is 23.1 Å². The number of nitrogens with one attached hydrogen (secondary N) is 2. The van der Waals surface area contributed by atoms with Crippen molar-refractivity contribution >= 4 is 29.1 Å². The number of nitrogens with zero attached hydrogens (tertiary/aromatic N) is 1. The first-order valence-electron chi connectivity index (χ1n) is 9.88. The number of hydrogen-bond acceptors (Lipinski definition) is 4. The molecule has 1 fully saturated rings. The van der Waals surface area contributed by atoms with Gasteiger partial charge in [0.1, 0.15) is 29.1 Å². The number of carbonyl (C=O) groups excluding carboxylic acids is 2. The van der Waals surface area contributed by atoms with Crippen LogP contribution in [0, 0.1) is 11.6 Å². The minimum Gasteiger partial charge on any atom is -0.497 e. The Hall–Kier alpha value is -3.72. The zero-order valence-electron chi connectivity index (χ0n) is 17.3. The van der Waals surface area contributed by atoms with Gasteiger partial charge in [0.05, 0.1) is 7.11 Å². The fourth-order valence-electron chi connectivity index (χ4n) is 3.85. The summed E-state index contributed by atoms with van der Waals surface area (Å²) in [6.45, 7) is -0.225. The lowest BCUT2D eigenvalue weighted by molar-refractivity contribution is -0.118. The van der Waals surface area contributed by atoms with E-state index >= 15 is 0 Å². The van der Waals surface area contributed by atoms with Crippen molar-refractivity contribution in [2.45, 2.75) is 12.0 Å². The number of ether oxygens (including phenoxy) is 1. The number of aromatic nitrogens is 1. The summed E-state index contributed by atoms with van der Waals surface area (Å²) in [5.41, 5.74) is -0.729. The SMILES string of the molecule is COc1cc(F)c([C@@H]2CN(c3ccc[nH]c3=O)C(=O)[C@H]2NC(=O)c2ccc(Cl)cc2)c(F)c1. The summed E-state index contributed by atoms with van der Waals surface area (Å²) in [6.07, 6.45) is 1.40. The number of aromatic amines is 1. The first-order valence-corrected chi connectivity index (χ1v) is 10.3. The topological polar surface area (TPSA) is 91.5 Å². The summed E-state index contributed by atoms with van der Waals surface area (Å²) in [4.78, 5) is 41.9. The van der Waals surface area contributed by atoms with E-state index in [2.05, 4.69) is 10.3 Å². The lowest BCUT2D eigenvalue weighted by atomic mass is 9.92. The van der Waals surface area contributed by atoms with Gasteiger partial charge in [-0.1, -0.05) is 11.6 Å². The molecule has 1 aromatic heterocycles. The summed E-state index contributed by atoms with van der Waals surface area (Å²) in [5, 5.41) is 2.98. The Balaban J connectivity index is 1.76. The molecule has 33 heavy (non-hydrogen) atoms. The van der Waals surface area contributed by atoms with Gasteiger partial charge < -0.3 is 19.9 Å². The molecule has 4 rings (SSSR count). The van der Waals surface area contributed by atoms with Crippen molar-refractivity contribution in [1.29, 1.82) is 0 Å². The number of rotatable bonds is 5. The maximum atomic E-state index is 14.9. The van der Waals surface area contributed by atoms with Gasteiger partial charge in [0, 0.05) is 46.9 Å². The van der Waals surface area contributed by atoms with E-state index < -0.39 is 41.0 Å². The number of hydrogen-bond donors (Lipinski definition) is 2. The highest BCUT2D eigenvalue weighted by atomic mass is 35.5. The zero-order valence-corrected chi connectivity index (χ0v) is 18.0. The molecule has 0 saturated carbocycles. The van der Waals surface area contributed by atoms with Gasteiger partial charge in [-0.15, -0.1) is 0 Å². The Morgan fingerprint density at radius 1 is 1.15 bits per heavy atom. The minimum atomic E-state index is -1.33. The van der Waals surface area contributed by atoms with E-state index in [0.717, 1.165) is 17.0 Å². The van der Waals surface area contributed by atoms with Crippen molar-refractivity contribution in [2.24, 2.45) is 0 Å². The predicted molar refractivity (Wildman–Crippen MR) is 118 cm³/mol. The van der Waals surface area contributed by atoms with Crippen LogP contribution in [0.3, 0.4) is 0 Å². The van der Waals surface area contributed by atoms with Gasteiger partial charge in [-0.3, -0.25) is 14.4 Å². The van der Waals surface area contributed by atoms with E-state index in [1.807, 2.05) is 0 Å². The number of methoxy groups -OCH3 is 1. The number of benzene rings is 2. The Bertz CT molecular complexity index is 1260. The molecule has 10 heteroatoms. The fourth-order valence-corrected chi connectivity index (χ4v) is 3.98. The number of H-pyrrole nitrogens is 1. The molecule has 0 aliphatic carbocycles. The average Bonchev–Trinajstić information content (AvgIpc) is 3.09. The molecular formula is C23H18ClF2N3O4. The van der Waals surface area contributed by atoms with E-state index in [4.69, 9.17) is 16.3 Å². The van der Waals surface area contributed by atoms with E-state index in [1.165, 1.54) is 49.7 Å². The Kier molecular flexibility index (Phi) is 6.15. The second-order valence-corrected chi connectivity index (χ2v) is 7.84. The van der Waals surface area contributed by atoms with Crippen molar-refractivity contribution in [3.63, 3.8) is 0 Å². The molecule has 2 heterocycles. The molecule has 2 N–H and O–H groups in total. The molecule has 2 atom stereocenters. The highest BCUT2D eigenvalue weighted by Gasteiger charge is 2.45. The molecule has 0 spiro atoms. The van der Waals surface area contributed by atoms with Crippen molar-refractivity contribution in [3.05, 3.63) is 92.9 Å². The molecular weight excluding hydrogens is 456 g/mol. The Morgan fingerprint density at radius 2 is 1.82 bits per heavy atom. The number of halogens is 3. The van der Waals surface area contributed by atoms with E-state index in [9.17, 15) is 23.2 Å². The largest absolute Gasteiger partial charge is 0.497 e. The van der Waals surface area contributed by atoms with Crippen LogP contribution < -0.4 is 20.5 Å². The van der Waals surface area contributed by atoms with Crippen LogP contribution in [-0.2, 0) is 4.79 Å². The monoisotopic (exact) mass is 473 g/mol. The smallest absolute Gasteiger partial charge is 0.271 e. The van der Waals surface area contributed by atoms with Crippen LogP contribution in [-0.4, -0.2) is 36.5 Å². The number of carbonyl (C=O) groups is 2. The Morgan fingerprint density at radius 3 is 2.42 bits per heavy atom. The van der Waals surface area contributed by atoms with Crippen LogP contribution in [0.15, 0.2) is 59.5 Å². The maximum Gasteiger partial charge on any atom is 0.271 e. The second-order valence-electron chi connectivity index (χ2n) is 7.40. The third-order valence-electron chi connectivity index (χ3n) is 5.45. The van der Waals surface area contributed by atoms with Gasteiger partial charge in [-0.2, -0.15) is 0 Å². The van der Waals surface area contributed by atoms with Crippen LogP contribution in [0.2, 0.25) is 5.02 Å². The summed E-state index contributed by atoms with van der Waals surface area (Å²) in [6, 6.07) is 9.53. The average molecular weight is 474 g/mol. The molecule has 0 unspecified atom stereocenters. The normalized spacial score (nSPS) is 17.8. The van der Waals surface area contributed by atoms with Gasteiger partial charge in [0.25, 0.3) is 11.5 Å². The highest BCUT2D eigenvalue weighted by Crippen LogP contribution is 2.35. The van der Waals surface area contributed by atoms with Gasteiger partial charge in [-0.25, -0.2) is 8.78 Å². The molecule has 1 aliphatic rings. The van der Waals surface area contributed by atoms with Crippen LogP contribution in [0.1, 0.15) is 21.8 Å². The summed E-state index contributed by atoms with van der Waals surface area (Å²) in [7, 11) is 1.27. The van der Waals surface area contributed by atoms with Crippen molar-refractivity contribution in [3.8, 4) is 5.75 Å². The lowest BCUT2D eigenvalue weighted by Crippen LogP contribution is -2.44. The summed E-state index contributed by atoms with van der Waals surface area (Å²) in [5.74, 6) is -4.31. The van der Waals surface area contributed by atoms with E-state index in [-0.39, 0.29) is 29.1 Å². The van der Waals surface area contributed by atoms with Crippen LogP contribution in [0.25, 0.3) is 0 Å². The van der Waals surface area contributed by atoms with Crippen molar-refractivity contribution in [1.82, 2.24) is 10.3 Å². The number of pyridine rings is 1. The molecule has 1 saturated heterocycles. The maximum absolute atomic E-state index is 14.9. The summed E-state index contributed by atoms with van der Waals surface area (Å²) < 4.78 is 34.7. The molecule has 0 bridgehead atoms. The summed E-state index contributed by atoms with van der Waals surface area (Å²) >= 11 is 5.86. The third kappa shape index (κ3) is 4.31. The molecule has 2 aromatic carbocycles. The molecule has 3 aromatic rings. The van der Waals surface area contributed by atoms with Gasteiger partial charge in [-0.05, 0) is 36.4 Å². The first-order chi connectivity index (χ1) is 15.8. The zero-order chi connectivity index (χ0) is 23.7.